The van der Waals surface area contributed by atoms with Crippen molar-refractivity contribution in [1.82, 2.24) is 5.32 Å². The Kier molecular flexibility index (Phi) is 4.95. The Bertz CT molecular complexity index is 352. The molecule has 0 aliphatic carbocycles. The summed E-state index contributed by atoms with van der Waals surface area (Å²) in [5.41, 5.74) is 1.09. The lowest BCUT2D eigenvalue weighted by atomic mass is 10.1. The molecule has 0 bridgehead atoms. The van der Waals surface area contributed by atoms with E-state index in [-0.39, 0.29) is 12.6 Å². The molecule has 0 heterocycles. The minimum atomic E-state index is -0.910. The maximum Gasteiger partial charge on any atom is 0.336 e. The van der Waals surface area contributed by atoms with E-state index in [9.17, 15) is 4.79 Å². The quantitative estimate of drug-likeness (QED) is 0.678. The van der Waals surface area contributed by atoms with Crippen molar-refractivity contribution >= 4 is 5.97 Å². The van der Waals surface area contributed by atoms with Crippen molar-refractivity contribution in [2.24, 2.45) is 0 Å². The van der Waals surface area contributed by atoms with Crippen LogP contribution in [0.5, 0.6) is 0 Å². The number of aliphatic hydroxyl groups is 1. The first-order chi connectivity index (χ1) is 7.65. The maximum absolute atomic E-state index is 10.9. The fraction of sp³-hybridized carbons (Fsp3) is 0.417. The smallest absolute Gasteiger partial charge is 0.336 e. The van der Waals surface area contributed by atoms with E-state index >= 15 is 0 Å². The summed E-state index contributed by atoms with van der Waals surface area (Å²) in [5.74, 6) is -0.910. The van der Waals surface area contributed by atoms with Crippen LogP contribution in [0.3, 0.4) is 0 Å². The Morgan fingerprint density at radius 2 is 2.12 bits per heavy atom. The van der Waals surface area contributed by atoms with Crippen molar-refractivity contribution in [1.29, 1.82) is 0 Å². The second-order valence-electron chi connectivity index (χ2n) is 3.76. The zero-order chi connectivity index (χ0) is 12.0. The summed E-state index contributed by atoms with van der Waals surface area (Å²) in [7, 11) is 0. The molecule has 0 aromatic heterocycles. The SMILES string of the molecule is CC(CCO)NCc1ccccc1C(=O)O. The molecule has 4 nitrogen and oxygen atoms in total. The lowest BCUT2D eigenvalue weighted by Gasteiger charge is -2.13. The van der Waals surface area contributed by atoms with Crippen LogP contribution in [0.2, 0.25) is 0 Å². The molecule has 4 heteroatoms. The van der Waals surface area contributed by atoms with Crippen LogP contribution in [0.4, 0.5) is 0 Å². The number of nitrogens with one attached hydrogen (secondary N) is 1. The minimum Gasteiger partial charge on any atom is -0.478 e. The van der Waals surface area contributed by atoms with Gasteiger partial charge in [0.05, 0.1) is 5.56 Å². The van der Waals surface area contributed by atoms with Crippen LogP contribution in [0.1, 0.15) is 29.3 Å². The van der Waals surface area contributed by atoms with Crippen LogP contribution in [0.25, 0.3) is 0 Å². The van der Waals surface area contributed by atoms with Gasteiger partial charge >= 0.3 is 5.97 Å². The molecule has 88 valence electrons. The van der Waals surface area contributed by atoms with Gasteiger partial charge in [0.25, 0.3) is 0 Å². The van der Waals surface area contributed by atoms with E-state index in [4.69, 9.17) is 10.2 Å². The van der Waals surface area contributed by atoms with Gasteiger partial charge in [-0.05, 0) is 25.0 Å². The molecule has 1 aromatic rings. The minimum absolute atomic E-state index is 0.134. The van der Waals surface area contributed by atoms with Crippen LogP contribution in [-0.4, -0.2) is 28.8 Å². The molecule has 0 saturated carbocycles. The molecule has 1 atom stereocenters. The first-order valence-electron chi connectivity index (χ1n) is 5.30. The van der Waals surface area contributed by atoms with Crippen LogP contribution in [0, 0.1) is 0 Å². The monoisotopic (exact) mass is 223 g/mol. The van der Waals surface area contributed by atoms with Crippen molar-refractivity contribution in [3.63, 3.8) is 0 Å². The van der Waals surface area contributed by atoms with Crippen molar-refractivity contribution in [2.75, 3.05) is 6.61 Å². The van der Waals surface area contributed by atoms with E-state index in [1.807, 2.05) is 13.0 Å². The maximum atomic E-state index is 10.9. The van der Waals surface area contributed by atoms with Gasteiger partial charge in [0, 0.05) is 19.2 Å². The Hall–Kier alpha value is -1.39. The summed E-state index contributed by atoms with van der Waals surface area (Å²) in [6.45, 7) is 2.60. The highest BCUT2D eigenvalue weighted by Crippen LogP contribution is 2.08. The van der Waals surface area contributed by atoms with E-state index < -0.39 is 5.97 Å². The molecule has 1 rings (SSSR count). The second-order valence-corrected chi connectivity index (χ2v) is 3.76. The number of aliphatic hydroxyl groups excluding tert-OH is 1. The molecule has 3 N–H and O–H groups in total. The van der Waals surface area contributed by atoms with E-state index in [1.54, 1.807) is 18.2 Å². The third-order valence-corrected chi connectivity index (χ3v) is 2.45. The zero-order valence-corrected chi connectivity index (χ0v) is 9.31. The van der Waals surface area contributed by atoms with Gasteiger partial charge in [-0.15, -0.1) is 0 Å². The van der Waals surface area contributed by atoms with E-state index in [0.29, 0.717) is 18.5 Å². The number of hydrogen-bond acceptors (Lipinski definition) is 3. The van der Waals surface area contributed by atoms with Crippen molar-refractivity contribution in [3.05, 3.63) is 35.4 Å². The Morgan fingerprint density at radius 3 is 2.75 bits per heavy atom. The number of rotatable bonds is 6. The summed E-state index contributed by atoms with van der Waals surface area (Å²) in [5, 5.41) is 20.9. The predicted octanol–water partition coefficient (Wildman–Crippen LogP) is 1.25. The van der Waals surface area contributed by atoms with Gasteiger partial charge in [-0.25, -0.2) is 4.79 Å². The Balaban J connectivity index is 2.63. The largest absolute Gasteiger partial charge is 0.478 e. The molecule has 0 amide bonds. The molecule has 1 aromatic carbocycles. The van der Waals surface area contributed by atoms with Gasteiger partial charge in [-0.2, -0.15) is 0 Å². The van der Waals surface area contributed by atoms with Crippen molar-refractivity contribution in [3.8, 4) is 0 Å². The number of aromatic carboxylic acids is 1. The summed E-state index contributed by atoms with van der Waals surface area (Å²) in [6.07, 6.45) is 0.662. The van der Waals surface area contributed by atoms with E-state index in [0.717, 1.165) is 5.56 Å². The Labute approximate surface area is 94.9 Å². The van der Waals surface area contributed by atoms with Gasteiger partial charge in [0.1, 0.15) is 0 Å². The predicted molar refractivity (Wildman–Crippen MR) is 61.4 cm³/mol. The van der Waals surface area contributed by atoms with Crippen LogP contribution in [-0.2, 0) is 6.54 Å². The molecule has 0 aliphatic heterocycles. The number of carbonyl (C=O) groups is 1. The van der Waals surface area contributed by atoms with Gasteiger partial charge in [0.2, 0.25) is 0 Å². The molecule has 0 saturated heterocycles. The van der Waals surface area contributed by atoms with Crippen LogP contribution >= 0.6 is 0 Å². The first-order valence-corrected chi connectivity index (χ1v) is 5.30. The normalized spacial score (nSPS) is 12.4. The van der Waals surface area contributed by atoms with Gasteiger partial charge in [0.15, 0.2) is 0 Å². The Morgan fingerprint density at radius 1 is 1.44 bits per heavy atom. The van der Waals surface area contributed by atoms with E-state index in [1.165, 1.54) is 0 Å². The molecule has 0 aliphatic rings. The number of carboxylic acid groups (broad SMARTS) is 1. The molecule has 0 fully saturated rings. The van der Waals surface area contributed by atoms with Crippen molar-refractivity contribution in [2.45, 2.75) is 25.9 Å². The average molecular weight is 223 g/mol. The standard InChI is InChI=1S/C12H17NO3/c1-9(6-7-14)13-8-10-4-2-3-5-11(10)12(15)16/h2-5,9,13-14H,6-8H2,1H3,(H,15,16). The van der Waals surface area contributed by atoms with E-state index in [2.05, 4.69) is 5.32 Å². The van der Waals surface area contributed by atoms with Gasteiger partial charge < -0.3 is 15.5 Å². The average Bonchev–Trinajstić information content (AvgIpc) is 2.27. The molecular formula is C12H17NO3. The summed E-state index contributed by atoms with van der Waals surface area (Å²) >= 11 is 0. The van der Waals surface area contributed by atoms with Gasteiger partial charge in [-0.3, -0.25) is 0 Å². The van der Waals surface area contributed by atoms with Gasteiger partial charge in [-0.1, -0.05) is 18.2 Å². The van der Waals surface area contributed by atoms with Crippen LogP contribution in [0.15, 0.2) is 24.3 Å². The number of benzene rings is 1. The topological polar surface area (TPSA) is 69.6 Å². The number of carboxylic acids is 1. The molecular weight excluding hydrogens is 206 g/mol. The zero-order valence-electron chi connectivity index (χ0n) is 9.31. The highest BCUT2D eigenvalue weighted by molar-refractivity contribution is 5.89. The lowest BCUT2D eigenvalue weighted by molar-refractivity contribution is 0.0695. The number of hydrogen-bond donors (Lipinski definition) is 3. The highest BCUT2D eigenvalue weighted by Gasteiger charge is 2.09. The third-order valence-electron chi connectivity index (χ3n) is 2.45. The summed E-state index contributed by atoms with van der Waals surface area (Å²) in [4.78, 5) is 10.9. The van der Waals surface area contributed by atoms with Crippen LogP contribution < -0.4 is 5.32 Å². The fourth-order valence-corrected chi connectivity index (χ4v) is 1.46. The summed E-state index contributed by atoms with van der Waals surface area (Å²) in [6, 6.07) is 7.09. The molecule has 1 unspecified atom stereocenters. The lowest BCUT2D eigenvalue weighted by Crippen LogP contribution is -2.27. The van der Waals surface area contributed by atoms with Crippen molar-refractivity contribution < 1.29 is 15.0 Å². The summed E-state index contributed by atoms with van der Waals surface area (Å²) < 4.78 is 0. The fourth-order valence-electron chi connectivity index (χ4n) is 1.46. The molecule has 0 radical (unpaired) electrons. The second kappa shape index (κ2) is 6.25. The highest BCUT2D eigenvalue weighted by atomic mass is 16.4. The molecule has 16 heavy (non-hydrogen) atoms. The molecule has 0 spiro atoms. The third kappa shape index (κ3) is 3.64. The first kappa shape index (κ1) is 12.7.